The summed E-state index contributed by atoms with van der Waals surface area (Å²) in [4.78, 5) is 15.6. The Morgan fingerprint density at radius 3 is 2.74 bits per heavy atom. The Morgan fingerprint density at radius 1 is 1.32 bits per heavy atom. The molecule has 0 aliphatic carbocycles. The van der Waals surface area contributed by atoms with Gasteiger partial charge in [0, 0.05) is 13.1 Å². The molecule has 0 atom stereocenters. The van der Waals surface area contributed by atoms with E-state index in [1.807, 2.05) is 30.0 Å². The lowest BCUT2D eigenvalue weighted by Crippen LogP contribution is -2.51. The molecule has 0 N–H and O–H groups in total. The first kappa shape index (κ1) is 11.9. The van der Waals surface area contributed by atoms with Crippen LogP contribution in [-0.4, -0.2) is 38.9 Å². The Labute approximate surface area is 111 Å². The lowest BCUT2D eigenvalue weighted by atomic mass is 10.1. The van der Waals surface area contributed by atoms with Gasteiger partial charge in [0.15, 0.2) is 0 Å². The van der Waals surface area contributed by atoms with Crippen LogP contribution in [0.4, 0.5) is 0 Å². The summed E-state index contributed by atoms with van der Waals surface area (Å²) in [6.07, 6.45) is 3.80. The minimum absolute atomic E-state index is 0.175. The second-order valence-corrected chi connectivity index (χ2v) is 4.97. The normalized spacial score (nSPS) is 15.3. The van der Waals surface area contributed by atoms with Gasteiger partial charge in [0.05, 0.1) is 18.8 Å². The number of aryl methyl sites for hydroxylation is 1. The van der Waals surface area contributed by atoms with Gasteiger partial charge in [-0.1, -0.05) is 29.8 Å². The van der Waals surface area contributed by atoms with Crippen LogP contribution in [0, 0.1) is 6.92 Å². The van der Waals surface area contributed by atoms with Crippen LogP contribution in [0.5, 0.6) is 0 Å². The predicted octanol–water partition coefficient (Wildman–Crippen LogP) is 1.21. The van der Waals surface area contributed by atoms with Crippen molar-refractivity contribution in [2.75, 3.05) is 13.1 Å². The molecule has 1 fully saturated rings. The highest BCUT2D eigenvalue weighted by molar-refractivity contribution is 5.79. The van der Waals surface area contributed by atoms with Crippen LogP contribution in [0.3, 0.4) is 0 Å². The van der Waals surface area contributed by atoms with Crippen LogP contribution in [0.2, 0.25) is 0 Å². The highest BCUT2D eigenvalue weighted by Crippen LogP contribution is 2.20. The monoisotopic (exact) mass is 256 g/mol. The van der Waals surface area contributed by atoms with Crippen molar-refractivity contribution in [1.29, 1.82) is 0 Å². The number of likely N-dealkylation sites (tertiary alicyclic amines) is 1. The molecular formula is C14H16N4O. The molecule has 2 aromatic rings. The Hall–Kier alpha value is -2.17. The molecule has 1 aromatic carbocycles. The predicted molar refractivity (Wildman–Crippen MR) is 70.5 cm³/mol. The molecule has 0 spiro atoms. The van der Waals surface area contributed by atoms with Gasteiger partial charge in [-0.3, -0.25) is 4.79 Å². The highest BCUT2D eigenvalue weighted by atomic mass is 16.2. The molecule has 1 aliphatic rings. The van der Waals surface area contributed by atoms with E-state index in [1.165, 1.54) is 5.56 Å². The number of hydrogen-bond acceptors (Lipinski definition) is 3. The summed E-state index contributed by atoms with van der Waals surface area (Å²) in [7, 11) is 0. The van der Waals surface area contributed by atoms with Crippen LogP contribution < -0.4 is 0 Å². The number of carbonyl (C=O) groups is 1. The van der Waals surface area contributed by atoms with Crippen LogP contribution >= 0.6 is 0 Å². The quantitative estimate of drug-likeness (QED) is 0.829. The van der Waals surface area contributed by atoms with Gasteiger partial charge < -0.3 is 4.90 Å². The topological polar surface area (TPSA) is 51.0 Å². The molecule has 98 valence electrons. The number of amides is 1. The van der Waals surface area contributed by atoms with E-state index in [1.54, 1.807) is 17.2 Å². The van der Waals surface area contributed by atoms with Gasteiger partial charge in [-0.05, 0) is 12.5 Å². The van der Waals surface area contributed by atoms with Gasteiger partial charge in [-0.2, -0.15) is 15.0 Å². The van der Waals surface area contributed by atoms with E-state index in [0.29, 0.717) is 19.5 Å². The van der Waals surface area contributed by atoms with Gasteiger partial charge in [-0.25, -0.2) is 0 Å². The third-order valence-electron chi connectivity index (χ3n) is 3.42. The zero-order chi connectivity index (χ0) is 13.2. The van der Waals surface area contributed by atoms with E-state index in [-0.39, 0.29) is 11.9 Å². The number of carbonyl (C=O) groups excluding carboxylic acids is 1. The molecule has 1 aromatic heterocycles. The SMILES string of the molecule is Cc1cccc(CC(=O)N2CC(n3nccn3)C2)c1. The van der Waals surface area contributed by atoms with Crippen LogP contribution in [0.1, 0.15) is 17.2 Å². The van der Waals surface area contributed by atoms with E-state index in [2.05, 4.69) is 16.3 Å². The first-order valence-corrected chi connectivity index (χ1v) is 6.41. The minimum atomic E-state index is 0.175. The number of benzene rings is 1. The standard InChI is InChI=1S/C14H16N4O/c1-11-3-2-4-12(7-11)8-14(19)17-9-13(10-17)18-15-5-6-16-18/h2-7,13H,8-10H2,1H3. The molecule has 19 heavy (non-hydrogen) atoms. The van der Waals surface area contributed by atoms with Gasteiger partial charge in [0.25, 0.3) is 0 Å². The second kappa shape index (κ2) is 4.84. The summed E-state index contributed by atoms with van der Waals surface area (Å²) in [6.45, 7) is 3.45. The van der Waals surface area contributed by atoms with E-state index >= 15 is 0 Å². The van der Waals surface area contributed by atoms with E-state index < -0.39 is 0 Å². The Balaban J connectivity index is 1.56. The van der Waals surface area contributed by atoms with E-state index in [9.17, 15) is 4.79 Å². The molecule has 0 bridgehead atoms. The van der Waals surface area contributed by atoms with Gasteiger partial charge >= 0.3 is 0 Å². The van der Waals surface area contributed by atoms with Crippen molar-refractivity contribution in [3.63, 3.8) is 0 Å². The number of rotatable bonds is 3. The summed E-state index contributed by atoms with van der Waals surface area (Å²) >= 11 is 0. The average Bonchev–Trinajstić information content (AvgIpc) is 2.80. The molecule has 5 nitrogen and oxygen atoms in total. The third-order valence-corrected chi connectivity index (χ3v) is 3.42. The Morgan fingerprint density at radius 2 is 2.05 bits per heavy atom. The molecule has 0 radical (unpaired) electrons. The summed E-state index contributed by atoms with van der Waals surface area (Å²) in [6, 6.07) is 8.32. The molecule has 0 unspecified atom stereocenters. The molecule has 1 aliphatic heterocycles. The third kappa shape index (κ3) is 2.50. The first-order valence-electron chi connectivity index (χ1n) is 6.41. The van der Waals surface area contributed by atoms with Crippen molar-refractivity contribution in [2.24, 2.45) is 0 Å². The highest BCUT2D eigenvalue weighted by Gasteiger charge is 2.32. The molecule has 2 heterocycles. The Bertz CT molecular complexity index is 573. The maximum absolute atomic E-state index is 12.1. The summed E-state index contributed by atoms with van der Waals surface area (Å²) < 4.78 is 0. The first-order chi connectivity index (χ1) is 9.22. The summed E-state index contributed by atoms with van der Waals surface area (Å²) in [5.41, 5.74) is 2.26. The molecule has 1 amide bonds. The van der Waals surface area contributed by atoms with Crippen molar-refractivity contribution in [3.05, 3.63) is 47.8 Å². The van der Waals surface area contributed by atoms with Crippen LogP contribution in [0.25, 0.3) is 0 Å². The fraction of sp³-hybridized carbons (Fsp3) is 0.357. The molecule has 0 saturated carbocycles. The maximum atomic E-state index is 12.1. The smallest absolute Gasteiger partial charge is 0.227 e. The minimum Gasteiger partial charge on any atom is -0.338 e. The van der Waals surface area contributed by atoms with Crippen LogP contribution in [-0.2, 0) is 11.2 Å². The van der Waals surface area contributed by atoms with E-state index in [0.717, 1.165) is 5.56 Å². The molecule has 3 rings (SSSR count). The zero-order valence-corrected chi connectivity index (χ0v) is 10.9. The lowest BCUT2D eigenvalue weighted by molar-refractivity contribution is -0.136. The summed E-state index contributed by atoms with van der Waals surface area (Å²) in [5, 5.41) is 8.19. The van der Waals surface area contributed by atoms with E-state index in [4.69, 9.17) is 0 Å². The number of aromatic nitrogens is 3. The summed E-state index contributed by atoms with van der Waals surface area (Å²) in [5.74, 6) is 0.175. The number of nitrogens with zero attached hydrogens (tertiary/aromatic N) is 4. The average molecular weight is 256 g/mol. The second-order valence-electron chi connectivity index (χ2n) is 4.97. The molecule has 1 saturated heterocycles. The lowest BCUT2D eigenvalue weighted by Gasteiger charge is -2.38. The van der Waals surface area contributed by atoms with Crippen molar-refractivity contribution in [1.82, 2.24) is 19.9 Å². The zero-order valence-electron chi connectivity index (χ0n) is 10.9. The fourth-order valence-electron chi connectivity index (χ4n) is 2.33. The van der Waals surface area contributed by atoms with Gasteiger partial charge in [0.2, 0.25) is 5.91 Å². The maximum Gasteiger partial charge on any atom is 0.227 e. The fourth-order valence-corrected chi connectivity index (χ4v) is 2.33. The Kier molecular flexibility index (Phi) is 3.03. The van der Waals surface area contributed by atoms with Gasteiger partial charge in [0.1, 0.15) is 6.04 Å². The van der Waals surface area contributed by atoms with Crippen molar-refractivity contribution >= 4 is 5.91 Å². The van der Waals surface area contributed by atoms with Gasteiger partial charge in [-0.15, -0.1) is 0 Å². The van der Waals surface area contributed by atoms with Crippen molar-refractivity contribution in [2.45, 2.75) is 19.4 Å². The largest absolute Gasteiger partial charge is 0.338 e. The van der Waals surface area contributed by atoms with Crippen LogP contribution in [0.15, 0.2) is 36.7 Å². The van der Waals surface area contributed by atoms with Crippen molar-refractivity contribution in [3.8, 4) is 0 Å². The molecule has 5 heteroatoms. The number of hydrogen-bond donors (Lipinski definition) is 0. The van der Waals surface area contributed by atoms with Crippen molar-refractivity contribution < 1.29 is 4.79 Å². The molecular weight excluding hydrogens is 240 g/mol.